The standard InChI is InChI=1S/C15H18N4O3S2/c1-2-7-16-14-18-19-15(24-14)23-9-12(20)17-8-10-3-5-11(6-4-10)13(21)22/h3-6H,2,7-9H2,1H3,(H,16,18)(H,17,20)(H,21,22)/p-1. The molecule has 2 N–H and O–H groups in total. The number of amides is 1. The van der Waals surface area contributed by atoms with Crippen LogP contribution in [0.2, 0.25) is 0 Å². The van der Waals surface area contributed by atoms with Gasteiger partial charge in [-0.1, -0.05) is 54.3 Å². The second kappa shape index (κ2) is 9.24. The summed E-state index contributed by atoms with van der Waals surface area (Å²) in [5.74, 6) is -1.09. The lowest BCUT2D eigenvalue weighted by Crippen LogP contribution is -2.25. The molecule has 1 amide bonds. The van der Waals surface area contributed by atoms with Crippen molar-refractivity contribution in [2.75, 3.05) is 17.6 Å². The molecule has 24 heavy (non-hydrogen) atoms. The number of rotatable bonds is 9. The van der Waals surface area contributed by atoms with Gasteiger partial charge in [0.2, 0.25) is 11.0 Å². The first-order valence-electron chi connectivity index (χ1n) is 7.35. The molecule has 2 aromatic rings. The SMILES string of the molecule is CCCNc1nnc(SCC(=O)NCc2ccc(C(=O)[O-])cc2)s1. The van der Waals surface area contributed by atoms with Crippen molar-refractivity contribution in [3.05, 3.63) is 35.4 Å². The van der Waals surface area contributed by atoms with Crippen molar-refractivity contribution in [1.82, 2.24) is 15.5 Å². The Morgan fingerprint density at radius 2 is 2.00 bits per heavy atom. The van der Waals surface area contributed by atoms with Gasteiger partial charge in [-0.2, -0.15) is 0 Å². The van der Waals surface area contributed by atoms with Crippen LogP contribution in [0.25, 0.3) is 0 Å². The Hall–Kier alpha value is -2.13. The molecule has 1 aromatic carbocycles. The fourth-order valence-corrected chi connectivity index (χ4v) is 3.32. The van der Waals surface area contributed by atoms with Gasteiger partial charge in [0, 0.05) is 13.1 Å². The van der Waals surface area contributed by atoms with Crippen molar-refractivity contribution in [2.45, 2.75) is 24.2 Å². The number of nitrogens with one attached hydrogen (secondary N) is 2. The Kier molecular flexibility index (Phi) is 7.01. The predicted molar refractivity (Wildman–Crippen MR) is 92.0 cm³/mol. The molecular formula is C15H17N4O3S2-. The first-order chi connectivity index (χ1) is 11.6. The quantitative estimate of drug-likeness (QED) is 0.642. The number of hydrogen-bond donors (Lipinski definition) is 2. The minimum absolute atomic E-state index is 0.115. The zero-order chi connectivity index (χ0) is 17.4. The zero-order valence-corrected chi connectivity index (χ0v) is 14.7. The molecule has 0 atom stereocenters. The van der Waals surface area contributed by atoms with Crippen LogP contribution in [0, 0.1) is 0 Å². The number of carboxylic acid groups (broad SMARTS) is 1. The average Bonchev–Trinajstić information content (AvgIpc) is 3.04. The average molecular weight is 365 g/mol. The topological polar surface area (TPSA) is 107 Å². The van der Waals surface area contributed by atoms with Crippen LogP contribution in [0.15, 0.2) is 28.6 Å². The molecule has 1 aromatic heterocycles. The molecule has 0 saturated heterocycles. The normalized spacial score (nSPS) is 10.4. The van der Waals surface area contributed by atoms with Crippen LogP contribution in [0.1, 0.15) is 29.3 Å². The summed E-state index contributed by atoms with van der Waals surface area (Å²) in [5, 5.41) is 25.4. The number of benzene rings is 1. The molecule has 7 nitrogen and oxygen atoms in total. The molecule has 0 fully saturated rings. The highest BCUT2D eigenvalue weighted by molar-refractivity contribution is 8.01. The number of hydrogen-bond acceptors (Lipinski definition) is 8. The molecule has 0 unspecified atom stereocenters. The Balaban J connectivity index is 1.73. The van der Waals surface area contributed by atoms with Crippen LogP contribution in [0.3, 0.4) is 0 Å². The van der Waals surface area contributed by atoms with E-state index in [0.717, 1.165) is 28.0 Å². The molecule has 0 bridgehead atoms. The first-order valence-corrected chi connectivity index (χ1v) is 9.16. The number of aromatic carboxylic acids is 1. The Morgan fingerprint density at radius 1 is 1.25 bits per heavy atom. The van der Waals surface area contributed by atoms with Crippen LogP contribution >= 0.6 is 23.1 Å². The second-order valence-electron chi connectivity index (χ2n) is 4.85. The molecule has 128 valence electrons. The maximum atomic E-state index is 11.8. The smallest absolute Gasteiger partial charge is 0.230 e. The fourth-order valence-electron chi connectivity index (χ4n) is 1.71. The molecule has 0 saturated carbocycles. The summed E-state index contributed by atoms with van der Waals surface area (Å²) < 4.78 is 0.738. The number of aromatic nitrogens is 2. The van der Waals surface area contributed by atoms with Crippen molar-refractivity contribution in [3.8, 4) is 0 Å². The van der Waals surface area contributed by atoms with Crippen LogP contribution in [0.5, 0.6) is 0 Å². The van der Waals surface area contributed by atoms with E-state index in [1.165, 1.54) is 35.2 Å². The minimum atomic E-state index is -1.22. The Labute approximate surface area is 147 Å². The van der Waals surface area contributed by atoms with Gasteiger partial charge >= 0.3 is 0 Å². The van der Waals surface area contributed by atoms with E-state index in [-0.39, 0.29) is 17.2 Å². The summed E-state index contributed by atoms with van der Waals surface area (Å²) in [4.78, 5) is 22.5. The highest BCUT2D eigenvalue weighted by Crippen LogP contribution is 2.25. The minimum Gasteiger partial charge on any atom is -0.545 e. The van der Waals surface area contributed by atoms with Gasteiger partial charge < -0.3 is 20.5 Å². The molecule has 0 radical (unpaired) electrons. The number of carboxylic acids is 1. The van der Waals surface area contributed by atoms with E-state index in [2.05, 4.69) is 27.8 Å². The largest absolute Gasteiger partial charge is 0.545 e. The van der Waals surface area contributed by atoms with Crippen molar-refractivity contribution in [3.63, 3.8) is 0 Å². The fraction of sp³-hybridized carbons (Fsp3) is 0.333. The summed E-state index contributed by atoms with van der Waals surface area (Å²) in [5.41, 5.74) is 0.935. The third-order valence-electron chi connectivity index (χ3n) is 2.94. The van der Waals surface area contributed by atoms with Crippen LogP contribution < -0.4 is 15.7 Å². The first kappa shape index (κ1) is 18.2. The van der Waals surface area contributed by atoms with Gasteiger partial charge in [0.25, 0.3) is 0 Å². The second-order valence-corrected chi connectivity index (χ2v) is 7.05. The van der Waals surface area contributed by atoms with Crippen molar-refractivity contribution >= 4 is 40.1 Å². The molecule has 2 rings (SSSR count). The van der Waals surface area contributed by atoms with E-state index in [9.17, 15) is 14.7 Å². The predicted octanol–water partition coefficient (Wildman–Crippen LogP) is 1.13. The number of thioether (sulfide) groups is 1. The maximum Gasteiger partial charge on any atom is 0.230 e. The van der Waals surface area contributed by atoms with Crippen molar-refractivity contribution in [2.24, 2.45) is 0 Å². The molecular weight excluding hydrogens is 348 g/mol. The number of nitrogens with zero attached hydrogens (tertiary/aromatic N) is 2. The van der Waals surface area contributed by atoms with Crippen molar-refractivity contribution in [1.29, 1.82) is 0 Å². The van der Waals surface area contributed by atoms with Crippen molar-refractivity contribution < 1.29 is 14.7 Å². The lowest BCUT2D eigenvalue weighted by molar-refractivity contribution is -0.255. The lowest BCUT2D eigenvalue weighted by atomic mass is 10.1. The van der Waals surface area contributed by atoms with Crippen LogP contribution in [0.4, 0.5) is 5.13 Å². The van der Waals surface area contributed by atoms with E-state index in [4.69, 9.17) is 0 Å². The molecule has 0 spiro atoms. The highest BCUT2D eigenvalue weighted by Gasteiger charge is 2.08. The van der Waals surface area contributed by atoms with Gasteiger partial charge in [-0.25, -0.2) is 0 Å². The Bertz CT molecular complexity index is 688. The van der Waals surface area contributed by atoms with Gasteiger partial charge in [-0.05, 0) is 17.5 Å². The summed E-state index contributed by atoms with van der Waals surface area (Å²) in [6, 6.07) is 6.21. The number of anilines is 1. The van der Waals surface area contributed by atoms with E-state index in [1.807, 2.05) is 0 Å². The van der Waals surface area contributed by atoms with Gasteiger partial charge in [-0.15, -0.1) is 10.2 Å². The summed E-state index contributed by atoms with van der Waals surface area (Å²) in [6.07, 6.45) is 1.01. The van der Waals surface area contributed by atoms with Crippen LogP contribution in [-0.4, -0.2) is 34.4 Å². The molecule has 0 aliphatic carbocycles. The third kappa shape index (κ3) is 5.82. The van der Waals surface area contributed by atoms with Gasteiger partial charge in [0.15, 0.2) is 4.34 Å². The summed E-state index contributed by atoms with van der Waals surface area (Å²) in [7, 11) is 0. The zero-order valence-electron chi connectivity index (χ0n) is 13.1. The maximum absolute atomic E-state index is 11.8. The molecule has 1 heterocycles. The van der Waals surface area contributed by atoms with Gasteiger partial charge in [0.1, 0.15) is 0 Å². The Morgan fingerprint density at radius 3 is 2.67 bits per heavy atom. The monoisotopic (exact) mass is 365 g/mol. The summed E-state index contributed by atoms with van der Waals surface area (Å²) in [6.45, 7) is 3.25. The van der Waals surface area contributed by atoms with E-state index >= 15 is 0 Å². The lowest BCUT2D eigenvalue weighted by Gasteiger charge is -2.06. The van der Waals surface area contributed by atoms with E-state index in [1.54, 1.807) is 12.1 Å². The van der Waals surface area contributed by atoms with Gasteiger partial charge in [0.05, 0.1) is 11.7 Å². The number of carbonyl (C=O) groups is 2. The highest BCUT2D eigenvalue weighted by atomic mass is 32.2. The molecule has 9 heteroatoms. The molecule has 0 aliphatic heterocycles. The number of carbonyl (C=O) groups excluding carboxylic acids is 2. The van der Waals surface area contributed by atoms with E-state index < -0.39 is 5.97 Å². The van der Waals surface area contributed by atoms with E-state index in [0.29, 0.717) is 6.54 Å². The van der Waals surface area contributed by atoms with Gasteiger partial charge in [-0.3, -0.25) is 4.79 Å². The molecule has 0 aliphatic rings. The van der Waals surface area contributed by atoms with Crippen LogP contribution in [-0.2, 0) is 11.3 Å². The summed E-state index contributed by atoms with van der Waals surface area (Å²) >= 11 is 2.75. The third-order valence-corrected chi connectivity index (χ3v) is 4.95.